The Bertz CT molecular complexity index is 629. The van der Waals surface area contributed by atoms with E-state index < -0.39 is 0 Å². The highest BCUT2D eigenvalue weighted by Crippen LogP contribution is 2.34. The molecular weight excluding hydrogens is 352 g/mol. The van der Waals surface area contributed by atoms with Crippen LogP contribution in [0.15, 0.2) is 34.1 Å². The van der Waals surface area contributed by atoms with Crippen LogP contribution in [0.3, 0.4) is 0 Å². The molecule has 0 aliphatic carbocycles. The van der Waals surface area contributed by atoms with Crippen molar-refractivity contribution >= 4 is 38.6 Å². The SMILES string of the molecule is CCCC(Nc1cc(C)c([N+](=O)[O-])cc1Br)c1cccs1. The van der Waals surface area contributed by atoms with Gasteiger partial charge in [0.2, 0.25) is 0 Å². The van der Waals surface area contributed by atoms with E-state index in [4.69, 9.17) is 0 Å². The summed E-state index contributed by atoms with van der Waals surface area (Å²) in [6.45, 7) is 3.91. The lowest BCUT2D eigenvalue weighted by molar-refractivity contribution is -0.385. The van der Waals surface area contributed by atoms with Gasteiger partial charge in [0.25, 0.3) is 5.69 Å². The van der Waals surface area contributed by atoms with Crippen LogP contribution in [0.25, 0.3) is 0 Å². The molecule has 2 aromatic rings. The Morgan fingerprint density at radius 2 is 2.24 bits per heavy atom. The second-order valence-corrected chi connectivity index (χ2v) is 6.71. The Morgan fingerprint density at radius 3 is 2.81 bits per heavy atom. The fourth-order valence-corrected chi connectivity index (χ4v) is 3.49. The summed E-state index contributed by atoms with van der Waals surface area (Å²) in [5.41, 5.74) is 1.69. The van der Waals surface area contributed by atoms with Gasteiger partial charge in [0, 0.05) is 26.7 Å². The highest BCUT2D eigenvalue weighted by atomic mass is 79.9. The standard InChI is InChI=1S/C15H17BrN2O2S/c1-3-5-12(15-6-4-7-21-15)17-13-8-10(2)14(18(19)20)9-11(13)16/h4,6-9,12,17H,3,5H2,1-2H3. The van der Waals surface area contributed by atoms with E-state index in [1.165, 1.54) is 4.88 Å². The molecule has 1 aromatic heterocycles. The first-order valence-electron chi connectivity index (χ1n) is 6.77. The molecule has 1 heterocycles. The molecule has 0 saturated heterocycles. The van der Waals surface area contributed by atoms with Gasteiger partial charge in [0.15, 0.2) is 0 Å². The van der Waals surface area contributed by atoms with E-state index in [0.29, 0.717) is 5.56 Å². The molecule has 2 rings (SSSR count). The van der Waals surface area contributed by atoms with E-state index in [2.05, 4.69) is 39.6 Å². The number of anilines is 1. The normalized spacial score (nSPS) is 12.1. The molecule has 4 nitrogen and oxygen atoms in total. The number of thiophene rings is 1. The lowest BCUT2D eigenvalue weighted by Gasteiger charge is -2.19. The van der Waals surface area contributed by atoms with E-state index >= 15 is 0 Å². The molecule has 0 saturated carbocycles. The summed E-state index contributed by atoms with van der Waals surface area (Å²) in [7, 11) is 0. The number of nitro benzene ring substituents is 1. The smallest absolute Gasteiger partial charge is 0.273 e. The van der Waals surface area contributed by atoms with E-state index in [-0.39, 0.29) is 16.7 Å². The van der Waals surface area contributed by atoms with Crippen molar-refractivity contribution in [1.29, 1.82) is 0 Å². The van der Waals surface area contributed by atoms with Gasteiger partial charge in [-0.15, -0.1) is 11.3 Å². The highest BCUT2D eigenvalue weighted by molar-refractivity contribution is 9.10. The van der Waals surface area contributed by atoms with Gasteiger partial charge >= 0.3 is 0 Å². The summed E-state index contributed by atoms with van der Waals surface area (Å²) in [5, 5.41) is 16.5. The third-order valence-electron chi connectivity index (χ3n) is 3.28. The van der Waals surface area contributed by atoms with Crippen LogP contribution in [0.4, 0.5) is 11.4 Å². The molecule has 1 atom stereocenters. The maximum Gasteiger partial charge on any atom is 0.273 e. The summed E-state index contributed by atoms with van der Waals surface area (Å²) < 4.78 is 0.720. The lowest BCUT2D eigenvalue weighted by Crippen LogP contribution is -2.10. The fraction of sp³-hybridized carbons (Fsp3) is 0.333. The molecule has 0 radical (unpaired) electrons. The predicted molar refractivity (Wildman–Crippen MR) is 91.1 cm³/mol. The lowest BCUT2D eigenvalue weighted by atomic mass is 10.1. The molecule has 1 aromatic carbocycles. The summed E-state index contributed by atoms with van der Waals surface area (Å²) in [5.74, 6) is 0. The Balaban J connectivity index is 2.29. The number of hydrogen-bond acceptors (Lipinski definition) is 4. The van der Waals surface area contributed by atoms with E-state index in [1.54, 1.807) is 24.3 Å². The highest BCUT2D eigenvalue weighted by Gasteiger charge is 2.17. The predicted octanol–water partition coefficient (Wildman–Crippen LogP) is 5.68. The van der Waals surface area contributed by atoms with Gasteiger partial charge in [-0.2, -0.15) is 0 Å². The Kier molecular flexibility index (Phi) is 5.36. The topological polar surface area (TPSA) is 55.2 Å². The van der Waals surface area contributed by atoms with Crippen LogP contribution in [-0.4, -0.2) is 4.92 Å². The number of aryl methyl sites for hydroxylation is 1. The van der Waals surface area contributed by atoms with Crippen molar-refractivity contribution in [3.05, 3.63) is 54.7 Å². The first kappa shape index (κ1) is 16.0. The Morgan fingerprint density at radius 1 is 1.48 bits per heavy atom. The molecular formula is C15H17BrN2O2S. The summed E-state index contributed by atoms with van der Waals surface area (Å²) >= 11 is 5.15. The molecule has 0 bridgehead atoms. The van der Waals surface area contributed by atoms with Crippen LogP contribution in [0.5, 0.6) is 0 Å². The first-order valence-corrected chi connectivity index (χ1v) is 8.44. The van der Waals surface area contributed by atoms with E-state index in [0.717, 1.165) is 23.0 Å². The van der Waals surface area contributed by atoms with Gasteiger partial charge in [0.1, 0.15) is 0 Å². The van der Waals surface area contributed by atoms with Gasteiger partial charge in [-0.1, -0.05) is 19.4 Å². The summed E-state index contributed by atoms with van der Waals surface area (Å²) in [6, 6.07) is 7.78. The number of nitro groups is 1. The van der Waals surface area contributed by atoms with Gasteiger partial charge in [-0.3, -0.25) is 10.1 Å². The molecule has 21 heavy (non-hydrogen) atoms. The van der Waals surface area contributed by atoms with E-state index in [1.807, 2.05) is 12.1 Å². The third-order valence-corrected chi connectivity index (χ3v) is 4.92. The average molecular weight is 369 g/mol. The quantitative estimate of drug-likeness (QED) is 0.526. The molecule has 1 N–H and O–H groups in total. The van der Waals surface area contributed by atoms with Crippen LogP contribution < -0.4 is 5.32 Å². The van der Waals surface area contributed by atoms with Crippen molar-refractivity contribution < 1.29 is 4.92 Å². The number of hydrogen-bond donors (Lipinski definition) is 1. The minimum absolute atomic E-state index is 0.135. The molecule has 112 valence electrons. The molecule has 0 fully saturated rings. The molecule has 0 spiro atoms. The molecule has 0 aliphatic rings. The van der Waals surface area contributed by atoms with Crippen molar-refractivity contribution in [3.63, 3.8) is 0 Å². The maximum absolute atomic E-state index is 11.0. The maximum atomic E-state index is 11.0. The number of nitrogens with one attached hydrogen (secondary N) is 1. The summed E-state index contributed by atoms with van der Waals surface area (Å²) in [6.07, 6.45) is 2.09. The molecule has 0 amide bonds. The second-order valence-electron chi connectivity index (χ2n) is 4.88. The molecule has 1 unspecified atom stereocenters. The van der Waals surface area contributed by atoms with E-state index in [9.17, 15) is 10.1 Å². The minimum atomic E-state index is -0.354. The fourth-order valence-electron chi connectivity index (χ4n) is 2.23. The average Bonchev–Trinajstić information content (AvgIpc) is 2.95. The second kappa shape index (κ2) is 7.04. The largest absolute Gasteiger partial charge is 0.376 e. The van der Waals surface area contributed by atoms with Crippen molar-refractivity contribution in [1.82, 2.24) is 0 Å². The zero-order chi connectivity index (χ0) is 15.4. The van der Waals surface area contributed by atoms with Crippen LogP contribution >= 0.6 is 27.3 Å². The van der Waals surface area contributed by atoms with Gasteiger partial charge in [0.05, 0.1) is 11.0 Å². The summed E-state index contributed by atoms with van der Waals surface area (Å²) in [4.78, 5) is 11.9. The molecule has 0 aliphatic heterocycles. The first-order chi connectivity index (χ1) is 10.0. The van der Waals surface area contributed by atoms with Crippen LogP contribution in [-0.2, 0) is 0 Å². The molecule has 6 heteroatoms. The van der Waals surface area contributed by atoms with Crippen LogP contribution in [0.2, 0.25) is 0 Å². The Hall–Kier alpha value is -1.40. The van der Waals surface area contributed by atoms with Gasteiger partial charge < -0.3 is 5.32 Å². The van der Waals surface area contributed by atoms with Crippen molar-refractivity contribution in [2.45, 2.75) is 32.7 Å². The van der Waals surface area contributed by atoms with Crippen molar-refractivity contribution in [2.75, 3.05) is 5.32 Å². The van der Waals surface area contributed by atoms with Gasteiger partial charge in [-0.05, 0) is 46.8 Å². The zero-order valence-electron chi connectivity index (χ0n) is 11.9. The third kappa shape index (κ3) is 3.83. The van der Waals surface area contributed by atoms with Crippen molar-refractivity contribution in [2.24, 2.45) is 0 Å². The number of benzene rings is 1. The number of rotatable bonds is 6. The monoisotopic (exact) mass is 368 g/mol. The Labute approximate surface area is 136 Å². The minimum Gasteiger partial charge on any atom is -0.376 e. The van der Waals surface area contributed by atoms with Crippen LogP contribution in [0, 0.1) is 17.0 Å². The van der Waals surface area contributed by atoms with Crippen LogP contribution in [0.1, 0.15) is 36.2 Å². The van der Waals surface area contributed by atoms with Gasteiger partial charge in [-0.25, -0.2) is 0 Å². The number of nitrogens with zero attached hydrogens (tertiary/aromatic N) is 1. The zero-order valence-corrected chi connectivity index (χ0v) is 14.3. The number of halogens is 1. The van der Waals surface area contributed by atoms with Crippen molar-refractivity contribution in [3.8, 4) is 0 Å².